The average Bonchev–Trinajstić information content (AvgIpc) is 2.16. The zero-order valence-electron chi connectivity index (χ0n) is 9.69. The lowest BCUT2D eigenvalue weighted by Gasteiger charge is -2.27. The summed E-state index contributed by atoms with van der Waals surface area (Å²) in [5, 5.41) is 13.2. The minimum Gasteiger partial charge on any atom is -0.481 e. The maximum absolute atomic E-state index is 11.4. The molecule has 92 valence electrons. The maximum Gasteiger partial charge on any atom is 0.329 e. The van der Waals surface area contributed by atoms with Crippen LogP contribution in [0.15, 0.2) is 0 Å². The Labute approximate surface area is 95.0 Å². The van der Waals surface area contributed by atoms with Crippen LogP contribution in [0.25, 0.3) is 0 Å². The van der Waals surface area contributed by atoms with E-state index in [0.717, 1.165) is 12.8 Å². The first-order chi connectivity index (χ1) is 7.49. The summed E-state index contributed by atoms with van der Waals surface area (Å²) < 4.78 is 0. The van der Waals surface area contributed by atoms with Crippen LogP contribution in [-0.2, 0) is 4.79 Å². The van der Waals surface area contributed by atoms with Gasteiger partial charge in [0.25, 0.3) is 0 Å². The van der Waals surface area contributed by atoms with Gasteiger partial charge in [0.05, 0.1) is 5.92 Å². The number of nitrogens with one attached hydrogen (secondary N) is 2. The number of rotatable bonds is 3. The van der Waals surface area contributed by atoms with Crippen LogP contribution in [0.5, 0.6) is 0 Å². The summed E-state index contributed by atoms with van der Waals surface area (Å²) >= 11 is 0. The van der Waals surface area contributed by atoms with Gasteiger partial charge in [0, 0.05) is 20.1 Å². The van der Waals surface area contributed by atoms with Crippen LogP contribution in [0, 0.1) is 5.92 Å². The Kier molecular flexibility index (Phi) is 4.54. The number of nitrogens with zero attached hydrogens (tertiary/aromatic N) is 1. The molecule has 2 atom stereocenters. The van der Waals surface area contributed by atoms with Crippen LogP contribution >= 0.6 is 0 Å². The van der Waals surface area contributed by atoms with E-state index in [-0.39, 0.29) is 18.0 Å². The second kappa shape index (κ2) is 5.69. The van der Waals surface area contributed by atoms with Crippen LogP contribution in [0.4, 0.5) is 4.79 Å². The Hall–Kier alpha value is -1.30. The van der Waals surface area contributed by atoms with Crippen LogP contribution in [0.3, 0.4) is 0 Å². The van der Waals surface area contributed by atoms with Gasteiger partial charge in [-0.3, -0.25) is 10.2 Å². The molecule has 16 heavy (non-hydrogen) atoms. The van der Waals surface area contributed by atoms with Crippen molar-refractivity contribution in [1.29, 1.82) is 0 Å². The van der Waals surface area contributed by atoms with Gasteiger partial charge in [0.15, 0.2) is 0 Å². The first-order valence-electron chi connectivity index (χ1n) is 5.46. The van der Waals surface area contributed by atoms with Gasteiger partial charge in [-0.05, 0) is 19.3 Å². The summed E-state index contributed by atoms with van der Waals surface area (Å²) in [6, 6.07) is -0.309. The highest BCUT2D eigenvalue weighted by Gasteiger charge is 2.27. The van der Waals surface area contributed by atoms with Crippen molar-refractivity contribution in [1.82, 2.24) is 15.8 Å². The first kappa shape index (κ1) is 12.8. The Balaban J connectivity index is 2.37. The van der Waals surface area contributed by atoms with Crippen molar-refractivity contribution in [2.75, 3.05) is 14.1 Å². The Morgan fingerprint density at radius 1 is 1.31 bits per heavy atom. The van der Waals surface area contributed by atoms with Crippen LogP contribution in [0.2, 0.25) is 0 Å². The lowest BCUT2D eigenvalue weighted by molar-refractivity contribution is -0.143. The Morgan fingerprint density at radius 3 is 2.56 bits per heavy atom. The predicted octanol–water partition coefficient (Wildman–Crippen LogP) is 0.406. The summed E-state index contributed by atoms with van der Waals surface area (Å²) in [4.78, 5) is 22.2. The second-order valence-electron chi connectivity index (χ2n) is 4.38. The molecule has 1 aliphatic carbocycles. The predicted molar refractivity (Wildman–Crippen MR) is 58.7 cm³/mol. The van der Waals surface area contributed by atoms with Crippen molar-refractivity contribution in [3.63, 3.8) is 0 Å². The highest BCUT2D eigenvalue weighted by atomic mass is 16.4. The van der Waals surface area contributed by atoms with Crippen molar-refractivity contribution < 1.29 is 14.7 Å². The fraction of sp³-hybridized carbons (Fsp3) is 0.800. The minimum atomic E-state index is -0.764. The molecular formula is C10H19N3O3. The summed E-state index contributed by atoms with van der Waals surface area (Å²) in [6.07, 6.45) is 2.94. The average molecular weight is 229 g/mol. The number of carbonyl (C=O) groups excluding carboxylic acids is 1. The summed E-state index contributed by atoms with van der Waals surface area (Å²) in [7, 11) is 3.45. The molecule has 2 amide bonds. The van der Waals surface area contributed by atoms with E-state index in [1.807, 2.05) is 0 Å². The topological polar surface area (TPSA) is 81.7 Å². The normalized spacial score (nSPS) is 25.2. The first-order valence-corrected chi connectivity index (χ1v) is 5.46. The quantitative estimate of drug-likeness (QED) is 0.612. The molecule has 2 unspecified atom stereocenters. The van der Waals surface area contributed by atoms with Gasteiger partial charge < -0.3 is 10.4 Å². The molecule has 1 fully saturated rings. The standard InChI is InChI=1S/C10H19N3O3/c1-13(2)12-10(16)11-8-5-3-4-7(6-8)9(14)15/h7-8H,3-6H2,1-2H3,(H,14,15)(H2,11,12,16). The molecule has 6 heteroatoms. The van der Waals surface area contributed by atoms with Crippen molar-refractivity contribution in [2.45, 2.75) is 31.7 Å². The Morgan fingerprint density at radius 2 is 2.00 bits per heavy atom. The van der Waals surface area contributed by atoms with Gasteiger partial charge in [0.1, 0.15) is 0 Å². The highest BCUT2D eigenvalue weighted by Crippen LogP contribution is 2.24. The molecule has 0 heterocycles. The van der Waals surface area contributed by atoms with E-state index in [0.29, 0.717) is 12.8 Å². The number of urea groups is 1. The van der Waals surface area contributed by atoms with Gasteiger partial charge in [-0.15, -0.1) is 0 Å². The molecule has 0 bridgehead atoms. The van der Waals surface area contributed by atoms with E-state index < -0.39 is 5.97 Å². The summed E-state index contributed by atoms with van der Waals surface area (Å²) in [6.45, 7) is 0. The monoisotopic (exact) mass is 229 g/mol. The second-order valence-corrected chi connectivity index (χ2v) is 4.38. The number of carboxylic acids is 1. The third-order valence-corrected chi connectivity index (χ3v) is 2.68. The number of hydrazine groups is 1. The Bertz CT molecular complexity index is 268. The smallest absolute Gasteiger partial charge is 0.329 e. The van der Waals surface area contributed by atoms with E-state index in [1.54, 1.807) is 19.1 Å². The number of carbonyl (C=O) groups is 2. The van der Waals surface area contributed by atoms with E-state index in [2.05, 4.69) is 10.7 Å². The molecule has 0 aromatic carbocycles. The minimum absolute atomic E-state index is 0.0326. The van der Waals surface area contributed by atoms with Gasteiger partial charge >= 0.3 is 12.0 Å². The zero-order chi connectivity index (χ0) is 12.1. The number of hydrogen-bond donors (Lipinski definition) is 3. The summed E-state index contributed by atoms with van der Waals surface area (Å²) in [5.74, 6) is -1.09. The molecule has 1 saturated carbocycles. The molecule has 6 nitrogen and oxygen atoms in total. The third-order valence-electron chi connectivity index (χ3n) is 2.68. The van der Waals surface area contributed by atoms with Gasteiger partial charge in [-0.1, -0.05) is 6.42 Å². The zero-order valence-corrected chi connectivity index (χ0v) is 9.69. The van der Waals surface area contributed by atoms with Crippen molar-refractivity contribution in [3.05, 3.63) is 0 Å². The van der Waals surface area contributed by atoms with Gasteiger partial charge in [-0.2, -0.15) is 0 Å². The molecule has 0 spiro atoms. The molecular weight excluding hydrogens is 210 g/mol. The third kappa shape index (κ3) is 4.06. The molecule has 0 aromatic rings. The number of carboxylic acid groups (broad SMARTS) is 1. The number of hydrogen-bond acceptors (Lipinski definition) is 3. The lowest BCUT2D eigenvalue weighted by atomic mass is 9.86. The van der Waals surface area contributed by atoms with Crippen LogP contribution < -0.4 is 10.7 Å². The van der Waals surface area contributed by atoms with E-state index >= 15 is 0 Å². The van der Waals surface area contributed by atoms with E-state index in [9.17, 15) is 9.59 Å². The van der Waals surface area contributed by atoms with Crippen molar-refractivity contribution in [2.24, 2.45) is 5.92 Å². The fourth-order valence-electron chi connectivity index (χ4n) is 1.97. The van der Waals surface area contributed by atoms with E-state index in [4.69, 9.17) is 5.11 Å². The van der Waals surface area contributed by atoms with Crippen molar-refractivity contribution >= 4 is 12.0 Å². The SMILES string of the molecule is CN(C)NC(=O)NC1CCCC(C(=O)O)C1. The molecule has 0 radical (unpaired) electrons. The van der Waals surface area contributed by atoms with E-state index in [1.165, 1.54) is 0 Å². The van der Waals surface area contributed by atoms with Crippen molar-refractivity contribution in [3.8, 4) is 0 Å². The molecule has 1 aliphatic rings. The number of aliphatic carboxylic acids is 1. The molecule has 3 N–H and O–H groups in total. The van der Waals surface area contributed by atoms with Gasteiger partial charge in [0.2, 0.25) is 0 Å². The molecule has 0 aromatic heterocycles. The fourth-order valence-corrected chi connectivity index (χ4v) is 1.97. The molecule has 0 saturated heterocycles. The lowest BCUT2D eigenvalue weighted by Crippen LogP contribution is -2.48. The highest BCUT2D eigenvalue weighted by molar-refractivity contribution is 5.74. The summed E-state index contributed by atoms with van der Waals surface area (Å²) in [5.41, 5.74) is 2.57. The largest absolute Gasteiger partial charge is 0.481 e. The number of amides is 2. The van der Waals surface area contributed by atoms with Gasteiger partial charge in [-0.25, -0.2) is 9.80 Å². The molecule has 1 rings (SSSR count). The van der Waals surface area contributed by atoms with Crippen LogP contribution in [0.1, 0.15) is 25.7 Å². The molecule has 0 aliphatic heterocycles. The van der Waals surface area contributed by atoms with Crippen LogP contribution in [-0.4, -0.2) is 42.3 Å². The maximum atomic E-state index is 11.4.